The molecule has 2 N–H and O–H groups in total. The molecule has 2 aromatic heterocycles. The van der Waals surface area contributed by atoms with Crippen LogP contribution in [0.3, 0.4) is 0 Å². The van der Waals surface area contributed by atoms with E-state index in [1.807, 2.05) is 0 Å². The Balaban J connectivity index is 1.56. The molecule has 270 valence electrons. The van der Waals surface area contributed by atoms with Crippen molar-refractivity contribution in [2.45, 2.75) is 64.2 Å². The van der Waals surface area contributed by atoms with Gasteiger partial charge in [-0.1, -0.05) is 38.1 Å². The fourth-order valence-electron chi connectivity index (χ4n) is 6.70. The van der Waals surface area contributed by atoms with Crippen molar-refractivity contribution in [2.24, 2.45) is 12.5 Å². The van der Waals surface area contributed by atoms with Crippen molar-refractivity contribution in [1.82, 2.24) is 19.7 Å². The van der Waals surface area contributed by atoms with Gasteiger partial charge < -0.3 is 14.8 Å². The van der Waals surface area contributed by atoms with E-state index in [1.54, 1.807) is 43.5 Å². The number of rotatable bonds is 3. The number of carboxylic acid groups (broad SMARTS) is 1. The zero-order valence-electron chi connectivity index (χ0n) is 28.7. The van der Waals surface area contributed by atoms with E-state index in [1.165, 1.54) is 50.7 Å². The van der Waals surface area contributed by atoms with E-state index in [0.717, 1.165) is 6.07 Å². The molecule has 51 heavy (non-hydrogen) atoms. The summed E-state index contributed by atoms with van der Waals surface area (Å²) in [6.07, 6.45) is 0.261. The van der Waals surface area contributed by atoms with Crippen LogP contribution in [0, 0.1) is 17.0 Å². The molecule has 0 aliphatic carbocycles. The summed E-state index contributed by atoms with van der Waals surface area (Å²) in [5, 5.41) is 14.7. The summed E-state index contributed by atoms with van der Waals surface area (Å²) in [5.74, 6) is -8.60. The number of aryl methyl sites for hydroxylation is 2. The van der Waals surface area contributed by atoms with E-state index in [4.69, 9.17) is 4.74 Å². The van der Waals surface area contributed by atoms with Crippen molar-refractivity contribution >= 4 is 26.7 Å². The van der Waals surface area contributed by atoms with Crippen LogP contribution in [0.15, 0.2) is 60.8 Å². The number of benzene rings is 3. The number of alkyl halides is 2. The first-order chi connectivity index (χ1) is 23.8. The van der Waals surface area contributed by atoms with Crippen molar-refractivity contribution < 1.29 is 40.6 Å². The van der Waals surface area contributed by atoms with Crippen molar-refractivity contribution in [3.63, 3.8) is 0 Å². The van der Waals surface area contributed by atoms with Gasteiger partial charge in [-0.25, -0.2) is 35.6 Å². The number of carbonyl (C=O) groups is 1. The molecule has 14 heteroatoms. The second-order valence-corrected chi connectivity index (χ2v) is 16.4. The first-order valence-corrected chi connectivity index (χ1v) is 18.2. The molecule has 0 saturated carbocycles. The number of hydrogen-bond acceptors (Lipinski definition) is 6. The third-order valence-corrected chi connectivity index (χ3v) is 12.1. The maximum Gasteiger partial charge on any atom is 0.310 e. The molecule has 0 radical (unpaired) electrons. The Morgan fingerprint density at radius 3 is 2.51 bits per heavy atom. The summed E-state index contributed by atoms with van der Waals surface area (Å²) in [5.41, 5.74) is -2.00. The van der Waals surface area contributed by atoms with Gasteiger partial charge in [-0.15, -0.1) is 0 Å². The lowest BCUT2D eigenvalue weighted by atomic mass is 9.73. The minimum atomic E-state index is -4.15. The normalized spacial score (nSPS) is 20.8. The third-order valence-electron chi connectivity index (χ3n) is 10.1. The number of aliphatic carboxylic acids is 1. The van der Waals surface area contributed by atoms with Crippen LogP contribution >= 0.6 is 0 Å². The van der Waals surface area contributed by atoms with Gasteiger partial charge in [-0.3, -0.25) is 4.79 Å². The fraction of sp³-hybridized carbons (Fsp3) is 0.378. The molecule has 6 rings (SSSR count). The van der Waals surface area contributed by atoms with Crippen molar-refractivity contribution in [3.05, 3.63) is 94.9 Å². The molecular weight excluding hydrogens is 688 g/mol. The summed E-state index contributed by atoms with van der Waals surface area (Å²) in [7, 11) is -2.63. The van der Waals surface area contributed by atoms with E-state index in [9.17, 15) is 18.3 Å². The monoisotopic (exact) mass is 726 g/mol. The summed E-state index contributed by atoms with van der Waals surface area (Å²) < 4.78 is 98.4. The standard InChI is InChI=1S/C37H38F4N4O5S/c1-21(33(46)47)22-7-6-8-23(17-22)36(4)13-14-37(40,41)35(2,3)20-51(48,49)16-12-26-25-11-15-42-30(25)19-29(39)31(26)50-24-9-10-28(38)27(18-24)32-43-34(36)44-45(32)5/h6-11,15,17-19,21,42H,12-14,16,20H2,1-5H3,(H,46,47). The second kappa shape index (κ2) is 12.8. The molecule has 0 amide bonds. The molecule has 1 aliphatic rings. The molecule has 2 unspecified atom stereocenters. The Bertz CT molecular complexity index is 2270. The molecule has 0 saturated heterocycles. The average molecular weight is 727 g/mol. The topological polar surface area (TPSA) is 127 Å². The quantitative estimate of drug-likeness (QED) is 0.181. The average Bonchev–Trinajstić information content (AvgIpc) is 3.69. The zero-order chi connectivity index (χ0) is 37.1. The van der Waals surface area contributed by atoms with Crippen LogP contribution in [-0.2, 0) is 33.5 Å². The van der Waals surface area contributed by atoms with Crippen molar-refractivity contribution in [3.8, 4) is 22.9 Å². The lowest BCUT2D eigenvalue weighted by Crippen LogP contribution is -2.43. The van der Waals surface area contributed by atoms with Gasteiger partial charge >= 0.3 is 5.97 Å². The molecule has 2 atom stereocenters. The molecule has 0 spiro atoms. The molecule has 4 bridgehead atoms. The van der Waals surface area contributed by atoms with Gasteiger partial charge in [0.25, 0.3) is 5.92 Å². The first-order valence-electron chi connectivity index (χ1n) is 16.4. The number of aromatic amines is 1. The van der Waals surface area contributed by atoms with E-state index in [0.29, 0.717) is 22.0 Å². The van der Waals surface area contributed by atoms with Crippen LogP contribution in [-0.4, -0.2) is 56.7 Å². The van der Waals surface area contributed by atoms with E-state index in [2.05, 4.69) is 15.1 Å². The molecule has 3 heterocycles. The maximum absolute atomic E-state index is 16.4. The number of carboxylic acids is 1. The van der Waals surface area contributed by atoms with Gasteiger partial charge in [-0.2, -0.15) is 5.10 Å². The number of aromatic nitrogens is 4. The van der Waals surface area contributed by atoms with Crippen LogP contribution < -0.4 is 4.74 Å². The number of halogens is 4. The Kier molecular flexibility index (Phi) is 9.06. The zero-order valence-corrected chi connectivity index (χ0v) is 29.5. The summed E-state index contributed by atoms with van der Waals surface area (Å²) in [6.45, 7) is 5.54. The smallest absolute Gasteiger partial charge is 0.310 e. The van der Waals surface area contributed by atoms with Gasteiger partial charge in [0.05, 0.1) is 28.4 Å². The lowest BCUT2D eigenvalue weighted by Gasteiger charge is -2.37. The van der Waals surface area contributed by atoms with Gasteiger partial charge in [0, 0.05) is 47.6 Å². The van der Waals surface area contributed by atoms with Crippen molar-refractivity contribution in [2.75, 3.05) is 11.5 Å². The van der Waals surface area contributed by atoms with Gasteiger partial charge in [0.1, 0.15) is 11.6 Å². The van der Waals surface area contributed by atoms with Crippen LogP contribution in [0.2, 0.25) is 0 Å². The number of nitrogens with one attached hydrogen (secondary N) is 1. The number of nitrogens with zero attached hydrogens (tertiary/aromatic N) is 3. The third kappa shape index (κ3) is 6.73. The Morgan fingerprint density at radius 2 is 1.78 bits per heavy atom. The number of sulfone groups is 1. The molecule has 5 aromatic rings. The summed E-state index contributed by atoms with van der Waals surface area (Å²) in [6, 6.07) is 13.1. The van der Waals surface area contributed by atoms with Crippen LogP contribution in [0.4, 0.5) is 17.6 Å². The number of ether oxygens (including phenoxy) is 1. The molecule has 0 fully saturated rings. The van der Waals surface area contributed by atoms with Crippen molar-refractivity contribution in [1.29, 1.82) is 0 Å². The summed E-state index contributed by atoms with van der Waals surface area (Å²) >= 11 is 0. The van der Waals surface area contributed by atoms with Gasteiger partial charge in [0.2, 0.25) is 0 Å². The second-order valence-electron chi connectivity index (χ2n) is 14.2. The first kappa shape index (κ1) is 36.1. The fourth-order valence-corrected chi connectivity index (χ4v) is 8.67. The Hall–Kier alpha value is -4.72. The highest BCUT2D eigenvalue weighted by Gasteiger charge is 2.50. The molecule has 9 nitrogen and oxygen atoms in total. The van der Waals surface area contributed by atoms with Crippen LogP contribution in [0.1, 0.15) is 69.0 Å². The van der Waals surface area contributed by atoms with Crippen LogP contribution in [0.25, 0.3) is 22.3 Å². The summed E-state index contributed by atoms with van der Waals surface area (Å²) in [4.78, 5) is 19.4. The SMILES string of the molecule is CC(C(=O)O)c1cccc(C2(C)CCC(F)(F)C(C)(C)CS(=O)(=O)CCc3c(c(F)cc4[nH]ccc34)Oc3ccc(F)c(c3)-c3nc2nn3C)c1. The highest BCUT2D eigenvalue weighted by molar-refractivity contribution is 7.91. The number of H-pyrrole nitrogens is 1. The lowest BCUT2D eigenvalue weighted by molar-refractivity contribution is -0.138. The minimum absolute atomic E-state index is 0.0360. The van der Waals surface area contributed by atoms with E-state index in [-0.39, 0.29) is 47.1 Å². The van der Waals surface area contributed by atoms with Gasteiger partial charge in [0.15, 0.2) is 33.1 Å². The number of fused-ring (bicyclic) bond motifs is 8. The Morgan fingerprint density at radius 1 is 1.04 bits per heavy atom. The van der Waals surface area contributed by atoms with E-state index < -0.39 is 68.0 Å². The highest BCUT2D eigenvalue weighted by atomic mass is 32.2. The maximum atomic E-state index is 16.4. The molecule has 3 aromatic carbocycles. The molecular formula is C37H38F4N4O5S. The van der Waals surface area contributed by atoms with Crippen LogP contribution in [0.5, 0.6) is 11.5 Å². The predicted octanol–water partition coefficient (Wildman–Crippen LogP) is 7.94. The Labute approximate surface area is 292 Å². The van der Waals surface area contributed by atoms with Gasteiger partial charge in [-0.05, 0) is 62.1 Å². The predicted molar refractivity (Wildman–Crippen MR) is 184 cm³/mol. The molecule has 1 aliphatic heterocycles. The van der Waals surface area contributed by atoms with E-state index >= 15 is 17.6 Å². The largest absolute Gasteiger partial charge is 0.481 e. The number of hydrogen-bond donors (Lipinski definition) is 2. The minimum Gasteiger partial charge on any atom is -0.481 e. The highest BCUT2D eigenvalue weighted by Crippen LogP contribution is 2.46.